The monoisotopic (exact) mass is 446 g/mol. The second-order valence-electron chi connectivity index (χ2n) is 9.95. The van der Waals surface area contributed by atoms with Crippen molar-refractivity contribution in [2.75, 3.05) is 26.7 Å². The van der Waals surface area contributed by atoms with E-state index in [4.69, 9.17) is 15.6 Å². The van der Waals surface area contributed by atoms with Gasteiger partial charge in [-0.05, 0) is 57.3 Å². The highest BCUT2D eigenvalue weighted by Gasteiger charge is 2.45. The number of nitrogens with two attached hydrogens (primary N) is 1. The van der Waals surface area contributed by atoms with Gasteiger partial charge >= 0.3 is 5.97 Å². The molecule has 5 N–H and O–H groups in total. The molecule has 1 rings (SSSR count). The highest BCUT2D eigenvalue weighted by molar-refractivity contribution is 5.72. The molecule has 7 heteroatoms. The molecule has 1 heterocycles. The molecule has 186 valence electrons. The Hall–Kier alpha value is -0.730. The lowest BCUT2D eigenvalue weighted by molar-refractivity contribution is -0.190. The molecule has 0 amide bonds. The van der Waals surface area contributed by atoms with Crippen LogP contribution in [-0.2, 0) is 9.53 Å². The van der Waals surface area contributed by atoms with Crippen LogP contribution in [-0.4, -0.2) is 76.8 Å². The first kappa shape index (κ1) is 30.3. The number of hydrogen-bond acceptors (Lipinski definition) is 7. The van der Waals surface area contributed by atoms with E-state index in [9.17, 15) is 15.0 Å². The van der Waals surface area contributed by atoms with Gasteiger partial charge in [0.25, 0.3) is 0 Å². The Morgan fingerprint density at radius 2 is 1.58 bits per heavy atom. The first-order chi connectivity index (χ1) is 14.4. The summed E-state index contributed by atoms with van der Waals surface area (Å²) in [5.74, 6) is 0.909. The number of rotatable bonds is 3. The molecule has 0 aromatic heterocycles. The van der Waals surface area contributed by atoms with Crippen molar-refractivity contribution in [1.82, 2.24) is 4.90 Å². The first-order valence-corrected chi connectivity index (χ1v) is 11.9. The molecule has 1 aliphatic rings. The normalized spacial score (nSPS) is 39.5. The lowest BCUT2D eigenvalue weighted by Gasteiger charge is -2.42. The van der Waals surface area contributed by atoms with Gasteiger partial charge in [0, 0.05) is 32.8 Å². The van der Waals surface area contributed by atoms with Crippen LogP contribution < -0.4 is 5.73 Å². The average Bonchev–Trinajstić information content (AvgIpc) is 2.70. The van der Waals surface area contributed by atoms with Crippen LogP contribution in [0.3, 0.4) is 0 Å². The van der Waals surface area contributed by atoms with Gasteiger partial charge in [-0.2, -0.15) is 0 Å². The van der Waals surface area contributed by atoms with Crippen molar-refractivity contribution >= 4 is 5.97 Å². The second-order valence-corrected chi connectivity index (χ2v) is 9.95. The number of ether oxygens (including phenoxy) is 1. The van der Waals surface area contributed by atoms with Gasteiger partial charge in [-0.15, -0.1) is 0 Å². The van der Waals surface area contributed by atoms with E-state index in [2.05, 4.69) is 25.7 Å². The number of hydrogen-bond donors (Lipinski definition) is 4. The van der Waals surface area contributed by atoms with Gasteiger partial charge in [0.2, 0.25) is 0 Å². The van der Waals surface area contributed by atoms with E-state index in [-0.39, 0.29) is 17.9 Å². The minimum absolute atomic E-state index is 0.229. The maximum atomic E-state index is 12.7. The third-order valence-corrected chi connectivity index (χ3v) is 6.64. The highest BCUT2D eigenvalue weighted by atomic mass is 16.6. The van der Waals surface area contributed by atoms with Gasteiger partial charge in [-0.3, -0.25) is 9.69 Å². The van der Waals surface area contributed by atoms with Gasteiger partial charge < -0.3 is 25.8 Å². The van der Waals surface area contributed by atoms with Gasteiger partial charge in [-0.1, -0.05) is 34.6 Å². The second kappa shape index (κ2) is 14.4. The van der Waals surface area contributed by atoms with Crippen molar-refractivity contribution in [3.8, 4) is 0 Å². The quantitative estimate of drug-likeness (QED) is 0.492. The minimum atomic E-state index is -1.54. The topological polar surface area (TPSA) is 116 Å². The van der Waals surface area contributed by atoms with Crippen LogP contribution >= 0.6 is 0 Å². The van der Waals surface area contributed by atoms with Crippen molar-refractivity contribution < 1.29 is 24.9 Å². The maximum absolute atomic E-state index is 12.7. The van der Waals surface area contributed by atoms with E-state index in [1.165, 1.54) is 0 Å². The summed E-state index contributed by atoms with van der Waals surface area (Å²) in [5, 5.41) is 29.3. The highest BCUT2D eigenvalue weighted by Crippen LogP contribution is 2.30. The van der Waals surface area contributed by atoms with Gasteiger partial charge in [0.05, 0.1) is 5.92 Å². The summed E-state index contributed by atoms with van der Waals surface area (Å²) in [6, 6.07) is -0.305. The Labute approximate surface area is 190 Å². The SMILES string of the molecule is CC[C@H]1OC(=O)C(C)C[C@H](C)C[C@@H](C)C[C@@H](C)CN(CCN)C(C)C(O)[C@]1(C)O.CO. The minimum Gasteiger partial charge on any atom is -0.459 e. The number of nitrogens with zero attached hydrogens (tertiary/aromatic N) is 1. The zero-order valence-corrected chi connectivity index (χ0v) is 21.2. The van der Waals surface area contributed by atoms with Crippen LogP contribution in [0.1, 0.15) is 74.1 Å². The molecule has 7 nitrogen and oxygen atoms in total. The van der Waals surface area contributed by atoms with Crippen molar-refractivity contribution in [3.63, 3.8) is 0 Å². The summed E-state index contributed by atoms with van der Waals surface area (Å²) in [6.45, 7) is 15.9. The molecule has 0 spiro atoms. The average molecular weight is 447 g/mol. The van der Waals surface area contributed by atoms with E-state index < -0.39 is 17.8 Å². The van der Waals surface area contributed by atoms with Crippen LogP contribution in [0.15, 0.2) is 0 Å². The molecule has 0 aliphatic carbocycles. The Kier molecular flexibility index (Phi) is 14.1. The van der Waals surface area contributed by atoms with E-state index in [0.29, 0.717) is 37.3 Å². The molecule has 0 radical (unpaired) electrons. The first-order valence-electron chi connectivity index (χ1n) is 11.9. The zero-order chi connectivity index (χ0) is 24.4. The molecule has 1 aliphatic heterocycles. The van der Waals surface area contributed by atoms with Crippen molar-refractivity contribution in [2.45, 2.75) is 98.0 Å². The van der Waals surface area contributed by atoms with Crippen LogP contribution in [0.5, 0.6) is 0 Å². The molecular formula is C24H50N2O5. The number of carbonyl (C=O) groups excluding carboxylic acids is 1. The van der Waals surface area contributed by atoms with E-state index in [1.54, 1.807) is 6.92 Å². The third-order valence-electron chi connectivity index (χ3n) is 6.64. The standard InChI is InChI=1S/C23H46N2O4.CH4O/c1-8-20-23(7,28)21(26)19(6)25(10-9-24)14-17(4)12-15(2)11-16(3)13-18(5)22(27)29-20;1-2/h15-21,26,28H,8-14,24H2,1-7H3;2H,1H3/t15-,16-,17-,18?,19?,20-,21?,23-;/m1./s1. The van der Waals surface area contributed by atoms with Crippen molar-refractivity contribution in [3.05, 3.63) is 0 Å². The van der Waals surface area contributed by atoms with Crippen LogP contribution in [0.4, 0.5) is 0 Å². The molecule has 0 aromatic carbocycles. The molecule has 31 heavy (non-hydrogen) atoms. The molecular weight excluding hydrogens is 396 g/mol. The maximum Gasteiger partial charge on any atom is 0.309 e. The largest absolute Gasteiger partial charge is 0.459 e. The van der Waals surface area contributed by atoms with Gasteiger partial charge in [0.15, 0.2) is 0 Å². The number of carbonyl (C=O) groups is 1. The lowest BCUT2D eigenvalue weighted by atomic mass is 9.85. The van der Waals surface area contributed by atoms with Gasteiger partial charge in [-0.25, -0.2) is 0 Å². The predicted molar refractivity (Wildman–Crippen MR) is 126 cm³/mol. The summed E-state index contributed by atoms with van der Waals surface area (Å²) in [4.78, 5) is 14.9. The number of aliphatic hydroxyl groups excluding tert-OH is 2. The third kappa shape index (κ3) is 9.34. The molecule has 8 atom stereocenters. The Bertz CT molecular complexity index is 502. The summed E-state index contributed by atoms with van der Waals surface area (Å²) in [7, 11) is 1.00. The fourth-order valence-corrected chi connectivity index (χ4v) is 5.12. The van der Waals surface area contributed by atoms with Crippen molar-refractivity contribution in [1.29, 1.82) is 0 Å². The van der Waals surface area contributed by atoms with E-state index >= 15 is 0 Å². The zero-order valence-electron chi connectivity index (χ0n) is 21.2. The van der Waals surface area contributed by atoms with E-state index in [0.717, 1.165) is 32.9 Å². The summed E-state index contributed by atoms with van der Waals surface area (Å²) in [6.07, 6.45) is 1.55. The molecule has 0 saturated carbocycles. The molecule has 3 unspecified atom stereocenters. The number of aliphatic hydroxyl groups is 3. The fourth-order valence-electron chi connectivity index (χ4n) is 5.12. The Morgan fingerprint density at radius 3 is 2.10 bits per heavy atom. The van der Waals surface area contributed by atoms with Gasteiger partial charge in [0.1, 0.15) is 17.8 Å². The van der Waals surface area contributed by atoms with Crippen LogP contribution in [0, 0.1) is 23.7 Å². The van der Waals surface area contributed by atoms with E-state index in [1.807, 2.05) is 20.8 Å². The smallest absolute Gasteiger partial charge is 0.309 e. The Balaban J connectivity index is 0.00000436. The molecule has 1 saturated heterocycles. The van der Waals surface area contributed by atoms with Crippen LogP contribution in [0.25, 0.3) is 0 Å². The molecule has 0 bridgehead atoms. The summed E-state index contributed by atoms with van der Waals surface area (Å²) < 4.78 is 5.72. The number of esters is 1. The van der Waals surface area contributed by atoms with Crippen molar-refractivity contribution in [2.24, 2.45) is 29.4 Å². The summed E-state index contributed by atoms with van der Waals surface area (Å²) >= 11 is 0. The predicted octanol–water partition coefficient (Wildman–Crippen LogP) is 2.41. The fraction of sp³-hybridized carbons (Fsp3) is 0.958. The summed E-state index contributed by atoms with van der Waals surface area (Å²) in [5.41, 5.74) is 4.30. The number of cyclic esters (lactones) is 1. The van der Waals surface area contributed by atoms with Crippen LogP contribution in [0.2, 0.25) is 0 Å². The molecule has 0 aromatic rings. The molecule has 1 fully saturated rings. The Morgan fingerprint density at radius 1 is 1.06 bits per heavy atom. The lowest BCUT2D eigenvalue weighted by Crippen LogP contribution is -2.60.